The Morgan fingerprint density at radius 3 is 3.10 bits per heavy atom. The summed E-state index contributed by atoms with van der Waals surface area (Å²) in [7, 11) is 0. The van der Waals surface area contributed by atoms with Crippen molar-refractivity contribution in [3.05, 3.63) is 34.7 Å². The van der Waals surface area contributed by atoms with Crippen molar-refractivity contribution in [3.63, 3.8) is 0 Å². The van der Waals surface area contributed by atoms with Crippen molar-refractivity contribution >= 4 is 11.3 Å². The van der Waals surface area contributed by atoms with E-state index in [1.54, 1.807) is 12.1 Å². The van der Waals surface area contributed by atoms with E-state index in [1.165, 1.54) is 17.4 Å². The van der Waals surface area contributed by atoms with E-state index in [-0.39, 0.29) is 11.8 Å². The average molecular weight is 312 g/mol. The summed E-state index contributed by atoms with van der Waals surface area (Å²) in [5.41, 5.74) is 1.51. The van der Waals surface area contributed by atoms with Crippen molar-refractivity contribution in [3.8, 4) is 17.0 Å². The molecule has 1 aromatic heterocycles. The predicted molar refractivity (Wildman–Crippen MR) is 75.7 cm³/mol. The van der Waals surface area contributed by atoms with Gasteiger partial charge in [-0.15, -0.1) is 11.3 Å². The summed E-state index contributed by atoms with van der Waals surface area (Å²) < 4.78 is 34.3. The van der Waals surface area contributed by atoms with Crippen molar-refractivity contribution in [2.24, 2.45) is 0 Å². The van der Waals surface area contributed by atoms with E-state index in [2.05, 4.69) is 15.0 Å². The van der Waals surface area contributed by atoms with E-state index in [1.807, 2.05) is 11.4 Å². The lowest BCUT2D eigenvalue weighted by atomic mass is 10.1. The van der Waals surface area contributed by atoms with E-state index in [4.69, 9.17) is 4.74 Å². The molecule has 21 heavy (non-hydrogen) atoms. The van der Waals surface area contributed by atoms with Crippen molar-refractivity contribution in [2.75, 3.05) is 19.8 Å². The van der Waals surface area contributed by atoms with Crippen LogP contribution in [-0.2, 0) is 4.74 Å². The third kappa shape index (κ3) is 3.55. The number of nitrogens with one attached hydrogen (secondary N) is 1. The van der Waals surface area contributed by atoms with Gasteiger partial charge in [0.05, 0.1) is 24.9 Å². The highest BCUT2D eigenvalue weighted by Crippen LogP contribution is 2.29. The second kappa shape index (κ2) is 6.46. The summed E-state index contributed by atoms with van der Waals surface area (Å²) in [6.45, 7) is -0.713. The van der Waals surface area contributed by atoms with E-state index in [9.17, 15) is 8.78 Å². The van der Waals surface area contributed by atoms with E-state index >= 15 is 0 Å². The molecule has 2 heterocycles. The van der Waals surface area contributed by atoms with Gasteiger partial charge in [-0.25, -0.2) is 4.98 Å². The maximum Gasteiger partial charge on any atom is 0.387 e. The molecule has 1 aromatic carbocycles. The second-order valence-electron chi connectivity index (χ2n) is 4.56. The summed E-state index contributed by atoms with van der Waals surface area (Å²) in [5.74, 6) is 0.135. The van der Waals surface area contributed by atoms with Crippen molar-refractivity contribution in [2.45, 2.75) is 12.7 Å². The third-order valence-electron chi connectivity index (χ3n) is 3.10. The smallest absolute Gasteiger partial charge is 0.387 e. The zero-order chi connectivity index (χ0) is 14.7. The molecule has 4 nitrogen and oxygen atoms in total. The summed E-state index contributed by atoms with van der Waals surface area (Å²) in [6, 6.07) is 6.66. The monoisotopic (exact) mass is 312 g/mol. The molecule has 1 atom stereocenters. The van der Waals surface area contributed by atoms with Gasteiger partial charge >= 0.3 is 6.61 Å². The Morgan fingerprint density at radius 2 is 2.33 bits per heavy atom. The fourth-order valence-electron chi connectivity index (χ4n) is 2.14. The van der Waals surface area contributed by atoms with Crippen LogP contribution in [0.3, 0.4) is 0 Å². The first-order chi connectivity index (χ1) is 10.2. The lowest BCUT2D eigenvalue weighted by molar-refractivity contribution is -0.0498. The molecule has 1 saturated heterocycles. The molecule has 112 valence electrons. The Morgan fingerprint density at radius 1 is 1.43 bits per heavy atom. The van der Waals surface area contributed by atoms with Crippen LogP contribution in [0.1, 0.15) is 11.0 Å². The van der Waals surface area contributed by atoms with Gasteiger partial charge in [-0.3, -0.25) is 0 Å². The number of hydrogen-bond donors (Lipinski definition) is 1. The third-order valence-corrected chi connectivity index (χ3v) is 4.06. The Labute approximate surface area is 124 Å². The number of alkyl halides is 2. The van der Waals surface area contributed by atoms with Gasteiger partial charge in [-0.05, 0) is 12.1 Å². The van der Waals surface area contributed by atoms with Crippen molar-refractivity contribution < 1.29 is 18.3 Å². The molecule has 7 heteroatoms. The summed E-state index contributed by atoms with van der Waals surface area (Å²) in [6.07, 6.45) is 0. The first-order valence-electron chi connectivity index (χ1n) is 6.54. The van der Waals surface area contributed by atoms with E-state index in [0.717, 1.165) is 22.8 Å². The highest BCUT2D eigenvalue weighted by molar-refractivity contribution is 7.10. The van der Waals surface area contributed by atoms with Gasteiger partial charge in [-0.1, -0.05) is 12.1 Å². The number of hydrogen-bond acceptors (Lipinski definition) is 5. The maximum atomic E-state index is 12.2. The first-order valence-corrected chi connectivity index (χ1v) is 7.42. The molecule has 0 amide bonds. The SMILES string of the molecule is FC(F)Oc1cccc(-c2csc(C3COCCN3)n2)c1. The molecule has 0 radical (unpaired) electrons. The largest absolute Gasteiger partial charge is 0.435 e. The van der Waals surface area contributed by atoms with E-state index in [0.29, 0.717) is 13.2 Å². The molecule has 2 aromatic rings. The minimum atomic E-state index is -2.82. The number of morpholine rings is 1. The van der Waals surface area contributed by atoms with Gasteiger partial charge < -0.3 is 14.8 Å². The van der Waals surface area contributed by atoms with Crippen LogP contribution in [-0.4, -0.2) is 31.4 Å². The van der Waals surface area contributed by atoms with Gasteiger partial charge in [0.15, 0.2) is 0 Å². The summed E-state index contributed by atoms with van der Waals surface area (Å²) in [5, 5.41) is 6.18. The van der Waals surface area contributed by atoms with Crippen LogP contribution < -0.4 is 10.1 Å². The lowest BCUT2D eigenvalue weighted by Crippen LogP contribution is -2.34. The molecule has 1 aliphatic rings. The highest BCUT2D eigenvalue weighted by atomic mass is 32.1. The zero-order valence-electron chi connectivity index (χ0n) is 11.1. The molecule has 0 saturated carbocycles. The second-order valence-corrected chi connectivity index (χ2v) is 5.45. The van der Waals surface area contributed by atoms with Crippen LogP contribution in [0.5, 0.6) is 5.75 Å². The summed E-state index contributed by atoms with van der Waals surface area (Å²) >= 11 is 1.53. The molecule has 1 fully saturated rings. The number of rotatable bonds is 4. The van der Waals surface area contributed by atoms with Gasteiger partial charge in [0.2, 0.25) is 0 Å². The molecule has 1 N–H and O–H groups in total. The Bertz CT molecular complexity index is 600. The van der Waals surface area contributed by atoms with Crippen LogP contribution in [0.2, 0.25) is 0 Å². The van der Waals surface area contributed by atoms with Crippen LogP contribution in [0.15, 0.2) is 29.6 Å². The highest BCUT2D eigenvalue weighted by Gasteiger charge is 2.19. The molecule has 0 spiro atoms. The minimum Gasteiger partial charge on any atom is -0.435 e. The number of nitrogens with zero attached hydrogens (tertiary/aromatic N) is 1. The number of benzene rings is 1. The zero-order valence-corrected chi connectivity index (χ0v) is 11.9. The quantitative estimate of drug-likeness (QED) is 0.942. The number of halogens is 2. The maximum absolute atomic E-state index is 12.2. The van der Waals surface area contributed by atoms with E-state index < -0.39 is 6.61 Å². The van der Waals surface area contributed by atoms with Gasteiger partial charge in [0.1, 0.15) is 10.8 Å². The van der Waals surface area contributed by atoms with Gasteiger partial charge in [0, 0.05) is 17.5 Å². The molecule has 0 aliphatic carbocycles. The standard InChI is InChI=1S/C14H14F2N2O2S/c15-14(16)20-10-3-1-2-9(6-10)12-8-21-13(18-12)11-7-19-5-4-17-11/h1-3,6,8,11,14,17H,4-5,7H2. The normalized spacial score (nSPS) is 18.9. The fourth-order valence-corrected chi connectivity index (χ4v) is 3.02. The van der Waals surface area contributed by atoms with Crippen LogP contribution in [0.25, 0.3) is 11.3 Å². The molecule has 3 rings (SSSR count). The molecule has 0 bridgehead atoms. The number of ether oxygens (including phenoxy) is 2. The van der Waals surface area contributed by atoms with Crippen molar-refractivity contribution in [1.82, 2.24) is 10.3 Å². The predicted octanol–water partition coefficient (Wildman–Crippen LogP) is 3.07. The Balaban J connectivity index is 1.79. The van der Waals surface area contributed by atoms with Gasteiger partial charge in [0.25, 0.3) is 0 Å². The minimum absolute atomic E-state index is 0.0954. The lowest BCUT2D eigenvalue weighted by Gasteiger charge is -2.21. The summed E-state index contributed by atoms with van der Waals surface area (Å²) in [4.78, 5) is 4.56. The van der Waals surface area contributed by atoms with Crippen molar-refractivity contribution in [1.29, 1.82) is 0 Å². The fraction of sp³-hybridized carbons (Fsp3) is 0.357. The number of thiazole rings is 1. The number of aromatic nitrogens is 1. The average Bonchev–Trinajstić information content (AvgIpc) is 2.98. The van der Waals surface area contributed by atoms with Gasteiger partial charge in [-0.2, -0.15) is 8.78 Å². The molecular formula is C14H14F2N2O2S. The topological polar surface area (TPSA) is 43.4 Å². The van der Waals surface area contributed by atoms with Crippen LogP contribution in [0.4, 0.5) is 8.78 Å². The molecule has 1 unspecified atom stereocenters. The Kier molecular flexibility index (Phi) is 4.42. The molecular weight excluding hydrogens is 298 g/mol. The van der Waals surface area contributed by atoms with Crippen LogP contribution >= 0.6 is 11.3 Å². The Hall–Kier alpha value is -1.57. The first kappa shape index (κ1) is 14.4. The molecule has 1 aliphatic heterocycles. The van der Waals surface area contributed by atoms with Crippen LogP contribution in [0, 0.1) is 0 Å².